The molecule has 0 saturated carbocycles. The van der Waals surface area contributed by atoms with Crippen molar-refractivity contribution in [2.24, 2.45) is 11.8 Å². The summed E-state index contributed by atoms with van der Waals surface area (Å²) in [5.41, 5.74) is 4.26. The summed E-state index contributed by atoms with van der Waals surface area (Å²) in [7, 11) is 0. The number of carboxylic acids is 1. The van der Waals surface area contributed by atoms with Gasteiger partial charge < -0.3 is 14.9 Å². The van der Waals surface area contributed by atoms with E-state index in [2.05, 4.69) is 41.4 Å². The quantitative estimate of drug-likeness (QED) is 0.591. The smallest absolute Gasteiger partial charge is 0.303 e. The van der Waals surface area contributed by atoms with Crippen LogP contribution in [0, 0.1) is 11.8 Å². The van der Waals surface area contributed by atoms with Crippen LogP contribution in [0.4, 0.5) is 0 Å². The van der Waals surface area contributed by atoms with Gasteiger partial charge in [-0.05, 0) is 54.5 Å². The number of nitrogens with one attached hydrogen (secondary N) is 1. The van der Waals surface area contributed by atoms with Crippen LogP contribution in [0.1, 0.15) is 43.9 Å². The summed E-state index contributed by atoms with van der Waals surface area (Å²) in [4.78, 5) is 15.5. The van der Waals surface area contributed by atoms with E-state index in [-0.39, 0.29) is 18.4 Å². The first-order valence-electron chi connectivity index (χ1n) is 10.5. The third kappa shape index (κ3) is 4.76. The summed E-state index contributed by atoms with van der Waals surface area (Å²) in [6.07, 6.45) is 2.10. The lowest BCUT2D eigenvalue weighted by atomic mass is 9.97. The van der Waals surface area contributed by atoms with Crippen LogP contribution in [-0.2, 0) is 11.2 Å². The van der Waals surface area contributed by atoms with Crippen LogP contribution in [0.2, 0.25) is 0 Å². The molecule has 1 fully saturated rings. The van der Waals surface area contributed by atoms with E-state index in [1.54, 1.807) is 0 Å². The van der Waals surface area contributed by atoms with Gasteiger partial charge >= 0.3 is 5.97 Å². The third-order valence-electron chi connectivity index (χ3n) is 5.53. The molecule has 0 unspecified atom stereocenters. The zero-order valence-corrected chi connectivity index (χ0v) is 17.3. The molecule has 2 heterocycles. The van der Waals surface area contributed by atoms with Gasteiger partial charge in [-0.3, -0.25) is 4.79 Å². The minimum atomic E-state index is -0.736. The maximum Gasteiger partial charge on any atom is 0.303 e. The normalized spacial score (nSPS) is 18.8. The van der Waals surface area contributed by atoms with Crippen molar-refractivity contribution in [3.63, 3.8) is 0 Å². The molecule has 1 aromatic heterocycles. The summed E-state index contributed by atoms with van der Waals surface area (Å²) in [5, 5.41) is 16.5. The van der Waals surface area contributed by atoms with E-state index < -0.39 is 5.97 Å². The summed E-state index contributed by atoms with van der Waals surface area (Å²) >= 11 is 0. The molecule has 30 heavy (non-hydrogen) atoms. The predicted molar refractivity (Wildman–Crippen MR) is 115 cm³/mol. The fourth-order valence-electron chi connectivity index (χ4n) is 4.04. The predicted octanol–water partition coefficient (Wildman–Crippen LogP) is 4.73. The average molecular weight is 405 g/mol. The Morgan fingerprint density at radius 2 is 1.83 bits per heavy atom. The number of hydrogen-bond donors (Lipinski definition) is 2. The fraction of sp³-hybridized carbons (Fsp3) is 0.375. The number of benzene rings is 2. The number of aliphatic carboxylic acids is 1. The van der Waals surface area contributed by atoms with Crippen molar-refractivity contribution in [3.8, 4) is 22.8 Å². The van der Waals surface area contributed by atoms with Gasteiger partial charge in [0.1, 0.15) is 0 Å². The summed E-state index contributed by atoms with van der Waals surface area (Å²) in [5.74, 6) is 1.14. The lowest BCUT2D eigenvalue weighted by Gasteiger charge is -2.11. The van der Waals surface area contributed by atoms with Gasteiger partial charge in [-0.15, -0.1) is 0 Å². The van der Waals surface area contributed by atoms with Gasteiger partial charge in [-0.25, -0.2) is 0 Å². The maximum atomic E-state index is 10.9. The maximum absolute atomic E-state index is 10.9. The van der Waals surface area contributed by atoms with Gasteiger partial charge in [0.05, 0.1) is 0 Å². The highest BCUT2D eigenvalue weighted by molar-refractivity contribution is 5.67. The molecule has 3 aromatic rings. The molecular formula is C24H27N3O3. The summed E-state index contributed by atoms with van der Waals surface area (Å²) in [6, 6.07) is 16.5. The second kappa shape index (κ2) is 8.79. The lowest BCUT2D eigenvalue weighted by molar-refractivity contribution is -0.137. The van der Waals surface area contributed by atoms with E-state index in [4.69, 9.17) is 9.63 Å². The molecule has 0 bridgehead atoms. The zero-order chi connectivity index (χ0) is 21.1. The van der Waals surface area contributed by atoms with Gasteiger partial charge in [-0.2, -0.15) is 4.98 Å². The van der Waals surface area contributed by atoms with Gasteiger partial charge in [0, 0.05) is 23.6 Å². The van der Waals surface area contributed by atoms with Crippen molar-refractivity contribution in [2.75, 3.05) is 6.54 Å². The van der Waals surface area contributed by atoms with Gasteiger partial charge in [0.2, 0.25) is 5.82 Å². The molecular weight excluding hydrogens is 378 g/mol. The van der Waals surface area contributed by atoms with Crippen molar-refractivity contribution >= 4 is 5.97 Å². The Morgan fingerprint density at radius 3 is 2.50 bits per heavy atom. The van der Waals surface area contributed by atoms with E-state index in [9.17, 15) is 4.79 Å². The third-order valence-corrected chi connectivity index (χ3v) is 5.53. The Morgan fingerprint density at radius 1 is 1.13 bits per heavy atom. The molecule has 4 rings (SSSR count). The van der Waals surface area contributed by atoms with Crippen LogP contribution in [0.25, 0.3) is 22.8 Å². The minimum absolute atomic E-state index is 0.180. The second-order valence-corrected chi connectivity index (χ2v) is 8.50. The van der Waals surface area contributed by atoms with Crippen LogP contribution in [0.3, 0.4) is 0 Å². The second-order valence-electron chi connectivity index (χ2n) is 8.50. The molecule has 2 aromatic carbocycles. The molecule has 0 aliphatic carbocycles. The molecule has 0 amide bonds. The van der Waals surface area contributed by atoms with E-state index in [0.717, 1.165) is 36.1 Å². The van der Waals surface area contributed by atoms with Crippen molar-refractivity contribution < 1.29 is 14.4 Å². The van der Waals surface area contributed by atoms with Crippen molar-refractivity contribution in [3.05, 3.63) is 59.7 Å². The molecule has 2 atom stereocenters. The highest BCUT2D eigenvalue weighted by Gasteiger charge is 2.26. The molecule has 0 spiro atoms. The Kier molecular flexibility index (Phi) is 5.95. The largest absolute Gasteiger partial charge is 0.481 e. The van der Waals surface area contributed by atoms with E-state index in [1.165, 1.54) is 5.56 Å². The molecule has 0 radical (unpaired) electrons. The number of carbonyl (C=O) groups is 1. The van der Waals surface area contributed by atoms with Crippen LogP contribution >= 0.6 is 0 Å². The van der Waals surface area contributed by atoms with Crippen LogP contribution < -0.4 is 5.32 Å². The first kappa shape index (κ1) is 20.3. The average Bonchev–Trinajstić information content (AvgIpc) is 3.38. The van der Waals surface area contributed by atoms with Gasteiger partial charge in [0.25, 0.3) is 5.89 Å². The first-order valence-corrected chi connectivity index (χ1v) is 10.5. The monoisotopic (exact) mass is 405 g/mol. The first-order chi connectivity index (χ1) is 14.5. The number of carboxylic acid groups (broad SMARTS) is 1. The number of nitrogens with zero attached hydrogens (tertiary/aromatic N) is 2. The molecule has 6 nitrogen and oxygen atoms in total. The molecule has 1 aliphatic heterocycles. The topological polar surface area (TPSA) is 88.2 Å². The SMILES string of the molecule is CC(C)Cc1ccc(-c2nc(-c3ccc([C@H]4C[C@H](CC(=O)O)CN4)cc3)no2)cc1. The van der Waals surface area contributed by atoms with E-state index in [0.29, 0.717) is 17.6 Å². The minimum Gasteiger partial charge on any atom is -0.481 e. The van der Waals surface area contributed by atoms with Crippen LogP contribution in [0.5, 0.6) is 0 Å². The Hall–Kier alpha value is -2.99. The fourth-order valence-corrected chi connectivity index (χ4v) is 4.04. The number of aromatic nitrogens is 2. The zero-order valence-electron chi connectivity index (χ0n) is 17.3. The molecule has 156 valence electrons. The van der Waals surface area contributed by atoms with Crippen LogP contribution in [0.15, 0.2) is 53.1 Å². The molecule has 1 aliphatic rings. The molecule has 1 saturated heterocycles. The van der Waals surface area contributed by atoms with Gasteiger partial charge in [-0.1, -0.05) is 55.4 Å². The number of rotatable bonds is 7. The lowest BCUT2D eigenvalue weighted by Crippen LogP contribution is -2.14. The van der Waals surface area contributed by atoms with E-state index >= 15 is 0 Å². The van der Waals surface area contributed by atoms with Gasteiger partial charge in [0.15, 0.2) is 0 Å². The Bertz CT molecular complexity index is 993. The number of hydrogen-bond acceptors (Lipinski definition) is 5. The standard InChI is InChI=1S/C24H27N3O3/c1-15(2)11-16-3-5-20(6-4-16)24-26-23(27-30-24)19-9-7-18(8-10-19)21-12-17(14-25-21)13-22(28)29/h3-10,15,17,21,25H,11-14H2,1-2H3,(H,28,29)/t17-,21-/m1/s1. The highest BCUT2D eigenvalue weighted by atomic mass is 16.5. The highest BCUT2D eigenvalue weighted by Crippen LogP contribution is 2.30. The molecule has 6 heteroatoms. The van der Waals surface area contributed by atoms with Crippen molar-refractivity contribution in [2.45, 2.75) is 39.2 Å². The van der Waals surface area contributed by atoms with Crippen LogP contribution in [-0.4, -0.2) is 27.8 Å². The van der Waals surface area contributed by atoms with Crippen molar-refractivity contribution in [1.82, 2.24) is 15.5 Å². The van der Waals surface area contributed by atoms with E-state index in [1.807, 2.05) is 36.4 Å². The molecule has 2 N–H and O–H groups in total. The summed E-state index contributed by atoms with van der Waals surface area (Å²) < 4.78 is 5.48. The van der Waals surface area contributed by atoms with Crippen molar-refractivity contribution in [1.29, 1.82) is 0 Å². The Balaban J connectivity index is 1.43. The Labute approximate surface area is 176 Å². The summed E-state index contributed by atoms with van der Waals surface area (Å²) in [6.45, 7) is 5.16.